The fourth-order valence-corrected chi connectivity index (χ4v) is 1.59. The Morgan fingerprint density at radius 2 is 1.83 bits per heavy atom. The van der Waals surface area contributed by atoms with Crippen LogP contribution >= 0.6 is 12.6 Å². The van der Waals surface area contributed by atoms with Gasteiger partial charge in [0.25, 0.3) is 0 Å². The number of nitrogens with two attached hydrogens (primary N) is 2. The number of benzene rings is 1. The highest BCUT2D eigenvalue weighted by atomic mass is 32.1. The van der Waals surface area contributed by atoms with Crippen LogP contribution in [0.1, 0.15) is 6.42 Å². The number of hydrogen-bond acceptors (Lipinski definition) is 4. The molecule has 0 saturated carbocycles. The minimum absolute atomic E-state index is 0.214. The Labute approximate surface area is 115 Å². The molecule has 0 amide bonds. The van der Waals surface area contributed by atoms with Gasteiger partial charge in [0, 0.05) is 31.5 Å². The summed E-state index contributed by atoms with van der Waals surface area (Å²) >= 11 is 4.12. The zero-order chi connectivity index (χ0) is 13.5. The van der Waals surface area contributed by atoms with Gasteiger partial charge in [0.05, 0.1) is 0 Å². The molecule has 1 aliphatic carbocycles. The van der Waals surface area contributed by atoms with Crippen LogP contribution < -0.4 is 16.4 Å². The lowest BCUT2D eigenvalue weighted by Gasteiger charge is -2.11. The van der Waals surface area contributed by atoms with Crippen molar-refractivity contribution in [2.45, 2.75) is 12.5 Å². The lowest BCUT2D eigenvalue weighted by molar-refractivity contribution is 0.824. The summed E-state index contributed by atoms with van der Waals surface area (Å²) in [6.45, 7) is 0. The maximum atomic E-state index is 5.53. The van der Waals surface area contributed by atoms with E-state index in [1.165, 1.54) is 5.69 Å². The fourth-order valence-electron chi connectivity index (χ4n) is 1.40. The van der Waals surface area contributed by atoms with Crippen molar-refractivity contribution in [2.75, 3.05) is 24.7 Å². The van der Waals surface area contributed by atoms with Gasteiger partial charge in [0.15, 0.2) is 0 Å². The van der Waals surface area contributed by atoms with Gasteiger partial charge >= 0.3 is 0 Å². The number of nitrogen functional groups attached to an aromatic ring is 1. The van der Waals surface area contributed by atoms with E-state index in [2.05, 4.69) is 12.6 Å². The van der Waals surface area contributed by atoms with E-state index in [0.717, 1.165) is 17.0 Å². The minimum atomic E-state index is 0.214. The van der Waals surface area contributed by atoms with E-state index in [1.807, 2.05) is 61.5 Å². The Balaban J connectivity index is 0.000000184. The summed E-state index contributed by atoms with van der Waals surface area (Å²) in [5.74, 6) is 0. The maximum Gasteiger partial charge on any atom is 0.0362 e. The third-order valence-corrected chi connectivity index (χ3v) is 2.85. The van der Waals surface area contributed by atoms with E-state index < -0.39 is 0 Å². The first-order valence-corrected chi connectivity index (χ1v) is 6.29. The lowest BCUT2D eigenvalue weighted by atomic mass is 10.1. The Morgan fingerprint density at radius 3 is 2.22 bits per heavy atom. The normalized spacial score (nSPS) is 17.6. The van der Waals surface area contributed by atoms with Crippen LogP contribution in [-0.4, -0.2) is 20.1 Å². The molecule has 1 aromatic rings. The second kappa shape index (κ2) is 7.13. The van der Waals surface area contributed by atoms with E-state index >= 15 is 0 Å². The van der Waals surface area contributed by atoms with Crippen molar-refractivity contribution in [1.82, 2.24) is 0 Å². The van der Waals surface area contributed by atoms with E-state index in [0.29, 0.717) is 0 Å². The van der Waals surface area contributed by atoms with Crippen molar-refractivity contribution in [3.8, 4) is 0 Å². The van der Waals surface area contributed by atoms with Crippen LogP contribution in [0.2, 0.25) is 0 Å². The molecule has 3 nitrogen and oxygen atoms in total. The molecule has 0 heterocycles. The highest BCUT2D eigenvalue weighted by molar-refractivity contribution is 7.84. The predicted octanol–water partition coefficient (Wildman–Crippen LogP) is 2.42. The van der Waals surface area contributed by atoms with Crippen LogP contribution in [0.25, 0.3) is 0 Å². The second-order valence-electron chi connectivity index (χ2n) is 4.37. The number of rotatable bonds is 1. The average molecular weight is 263 g/mol. The first-order chi connectivity index (χ1) is 8.49. The van der Waals surface area contributed by atoms with E-state index in [4.69, 9.17) is 11.5 Å². The first kappa shape index (κ1) is 14.7. The van der Waals surface area contributed by atoms with Gasteiger partial charge in [0.1, 0.15) is 0 Å². The Morgan fingerprint density at radius 1 is 1.22 bits per heavy atom. The lowest BCUT2D eigenvalue weighted by Crippen LogP contribution is -2.16. The van der Waals surface area contributed by atoms with Gasteiger partial charge in [-0.25, -0.2) is 0 Å². The van der Waals surface area contributed by atoms with E-state index in [-0.39, 0.29) is 6.04 Å². The highest BCUT2D eigenvalue weighted by Gasteiger charge is 1.98. The molecule has 4 N–H and O–H groups in total. The van der Waals surface area contributed by atoms with Crippen LogP contribution in [0.4, 0.5) is 11.4 Å². The molecule has 1 aliphatic rings. The zero-order valence-electron chi connectivity index (χ0n) is 10.9. The summed E-state index contributed by atoms with van der Waals surface area (Å²) in [4.78, 5) is 3.06. The smallest absolute Gasteiger partial charge is 0.0362 e. The van der Waals surface area contributed by atoms with Crippen molar-refractivity contribution in [1.29, 1.82) is 0 Å². The van der Waals surface area contributed by atoms with Crippen molar-refractivity contribution in [3.05, 3.63) is 47.4 Å². The van der Waals surface area contributed by atoms with Crippen molar-refractivity contribution in [3.63, 3.8) is 0 Å². The molecule has 0 saturated heterocycles. The zero-order valence-corrected chi connectivity index (χ0v) is 11.8. The Bertz CT molecular complexity index is 421. The number of hydrogen-bond donors (Lipinski definition) is 3. The molecule has 4 heteroatoms. The molecule has 0 bridgehead atoms. The summed E-state index contributed by atoms with van der Waals surface area (Å²) in [5.41, 5.74) is 13.0. The standard InChI is InChI=1S/C8H12N2.C6H9NS/c1-10(2)8-5-3-7(9)4-6-8;7-5-1-3-6(8)4-2-5/h3-6H,9H2,1-2H3;1,3-5,8H,2,7H2. The summed E-state index contributed by atoms with van der Waals surface area (Å²) in [5, 5.41) is 0. The average Bonchev–Trinajstić information content (AvgIpc) is 2.34. The number of nitrogens with zero attached hydrogens (tertiary/aromatic N) is 1. The molecule has 2 rings (SSSR count). The van der Waals surface area contributed by atoms with E-state index in [1.54, 1.807) is 0 Å². The third kappa shape index (κ3) is 5.29. The molecule has 0 aromatic heterocycles. The van der Waals surface area contributed by atoms with Gasteiger partial charge in [-0.15, -0.1) is 12.6 Å². The SMILES string of the molecule is CN(C)c1ccc(N)cc1.NC1C=CC(S)=CC1. The van der Waals surface area contributed by atoms with Crippen LogP contribution in [-0.2, 0) is 0 Å². The quantitative estimate of drug-likeness (QED) is 0.539. The van der Waals surface area contributed by atoms with E-state index in [9.17, 15) is 0 Å². The molecule has 1 aromatic carbocycles. The van der Waals surface area contributed by atoms with Gasteiger partial charge in [-0.1, -0.05) is 18.2 Å². The molecular weight excluding hydrogens is 242 g/mol. The minimum Gasteiger partial charge on any atom is -0.399 e. The Kier molecular flexibility index (Phi) is 5.82. The summed E-state index contributed by atoms with van der Waals surface area (Å²) in [6.07, 6.45) is 6.84. The van der Waals surface area contributed by atoms with Gasteiger partial charge in [-0.05, 0) is 35.6 Å². The van der Waals surface area contributed by atoms with Gasteiger partial charge in [-0.3, -0.25) is 0 Å². The van der Waals surface area contributed by atoms with Gasteiger partial charge in [0.2, 0.25) is 0 Å². The van der Waals surface area contributed by atoms with Crippen LogP contribution in [0.15, 0.2) is 47.4 Å². The molecule has 1 unspecified atom stereocenters. The highest BCUT2D eigenvalue weighted by Crippen LogP contribution is 2.12. The number of anilines is 2. The van der Waals surface area contributed by atoms with Gasteiger partial charge in [-0.2, -0.15) is 0 Å². The molecule has 98 valence electrons. The van der Waals surface area contributed by atoms with Gasteiger partial charge < -0.3 is 16.4 Å². The van der Waals surface area contributed by atoms with Crippen molar-refractivity contribution < 1.29 is 0 Å². The van der Waals surface area contributed by atoms with Crippen LogP contribution in [0.3, 0.4) is 0 Å². The predicted molar refractivity (Wildman–Crippen MR) is 84.0 cm³/mol. The molecule has 1 atom stereocenters. The molecule has 18 heavy (non-hydrogen) atoms. The molecule has 0 radical (unpaired) electrons. The topological polar surface area (TPSA) is 55.3 Å². The Hall–Kier alpha value is -1.39. The molecule has 0 spiro atoms. The second-order valence-corrected chi connectivity index (χ2v) is 4.89. The summed E-state index contributed by atoms with van der Waals surface area (Å²) in [6, 6.07) is 8.00. The first-order valence-electron chi connectivity index (χ1n) is 5.85. The summed E-state index contributed by atoms with van der Waals surface area (Å²) < 4.78 is 0. The maximum absolute atomic E-state index is 5.53. The van der Waals surface area contributed by atoms with Crippen LogP contribution in [0, 0.1) is 0 Å². The fraction of sp³-hybridized carbons (Fsp3) is 0.286. The molecular formula is C14H21N3S. The number of thiol groups is 1. The largest absolute Gasteiger partial charge is 0.399 e. The monoisotopic (exact) mass is 263 g/mol. The van der Waals surface area contributed by atoms with Crippen molar-refractivity contribution in [2.24, 2.45) is 5.73 Å². The molecule has 0 fully saturated rings. The molecule has 0 aliphatic heterocycles. The third-order valence-electron chi connectivity index (χ3n) is 2.52. The van der Waals surface area contributed by atoms with Crippen molar-refractivity contribution >= 4 is 24.0 Å². The summed E-state index contributed by atoms with van der Waals surface area (Å²) in [7, 11) is 4.01. The number of allylic oxidation sites excluding steroid dienone is 1. The van der Waals surface area contributed by atoms with Crippen LogP contribution in [0.5, 0.6) is 0 Å².